The van der Waals surface area contributed by atoms with Crippen molar-refractivity contribution in [3.05, 3.63) is 0 Å². The molecule has 1 N–H and O–H groups in total. The van der Waals surface area contributed by atoms with Crippen LogP contribution in [0.15, 0.2) is 0 Å². The van der Waals surface area contributed by atoms with Gasteiger partial charge in [-0.1, -0.05) is 0 Å². The van der Waals surface area contributed by atoms with Crippen molar-refractivity contribution in [2.75, 3.05) is 32.7 Å². The summed E-state index contributed by atoms with van der Waals surface area (Å²) in [6, 6.07) is 0.471. The Kier molecular flexibility index (Phi) is 4.85. The number of fused-ring (bicyclic) bond motifs is 2. The molecule has 0 radical (unpaired) electrons. The SMILES string of the molecule is C[C@@H]1CN[C@@H](CN2CC3CC[C@H](C2)O3)CN1C(=O)OC(C)(C)C. The van der Waals surface area contributed by atoms with Crippen LogP contribution in [0.3, 0.4) is 0 Å². The van der Waals surface area contributed by atoms with E-state index in [9.17, 15) is 4.79 Å². The Labute approximate surface area is 139 Å². The van der Waals surface area contributed by atoms with Gasteiger partial charge in [0, 0.05) is 44.8 Å². The third-order valence-corrected chi connectivity index (χ3v) is 4.88. The van der Waals surface area contributed by atoms with Crippen LogP contribution in [0.2, 0.25) is 0 Å². The van der Waals surface area contributed by atoms with E-state index in [0.717, 1.165) is 26.2 Å². The second-order valence-electron chi connectivity index (χ2n) is 8.26. The largest absolute Gasteiger partial charge is 0.444 e. The van der Waals surface area contributed by atoms with Crippen molar-refractivity contribution in [2.45, 2.75) is 70.4 Å². The molecule has 132 valence electrons. The summed E-state index contributed by atoms with van der Waals surface area (Å²) in [6.07, 6.45) is 3.02. The number of likely N-dealkylation sites (tertiary alicyclic amines) is 1. The first-order valence-corrected chi connectivity index (χ1v) is 8.91. The van der Waals surface area contributed by atoms with Crippen LogP contribution in [-0.4, -0.2) is 78.5 Å². The van der Waals surface area contributed by atoms with Gasteiger partial charge < -0.3 is 19.7 Å². The van der Waals surface area contributed by atoms with Crippen LogP contribution in [0.1, 0.15) is 40.5 Å². The van der Waals surface area contributed by atoms with Crippen LogP contribution in [0.4, 0.5) is 4.79 Å². The topological polar surface area (TPSA) is 54.0 Å². The average molecular weight is 325 g/mol. The van der Waals surface area contributed by atoms with E-state index in [4.69, 9.17) is 9.47 Å². The van der Waals surface area contributed by atoms with Gasteiger partial charge in [-0.15, -0.1) is 0 Å². The lowest BCUT2D eigenvalue weighted by Crippen LogP contribution is -2.61. The third-order valence-electron chi connectivity index (χ3n) is 4.88. The number of nitrogens with zero attached hydrogens (tertiary/aromatic N) is 2. The van der Waals surface area contributed by atoms with Gasteiger partial charge in [0.2, 0.25) is 0 Å². The fourth-order valence-electron chi connectivity index (χ4n) is 3.79. The zero-order chi connectivity index (χ0) is 16.6. The van der Waals surface area contributed by atoms with Crippen molar-refractivity contribution >= 4 is 6.09 Å². The van der Waals surface area contributed by atoms with Crippen LogP contribution < -0.4 is 5.32 Å². The standard InChI is InChI=1S/C17H31N3O3/c1-12-7-18-13(9-20(12)16(21)23-17(2,3)4)8-19-10-14-5-6-15(11-19)22-14/h12-15,18H,5-11H2,1-4H3/t12-,13+,14-,15?/m1/s1. The summed E-state index contributed by atoms with van der Waals surface area (Å²) in [7, 11) is 0. The first-order valence-electron chi connectivity index (χ1n) is 8.91. The minimum Gasteiger partial charge on any atom is -0.444 e. The second kappa shape index (κ2) is 6.57. The minimum absolute atomic E-state index is 0.168. The molecule has 2 bridgehead atoms. The quantitative estimate of drug-likeness (QED) is 0.833. The van der Waals surface area contributed by atoms with Gasteiger partial charge >= 0.3 is 6.09 Å². The summed E-state index contributed by atoms with van der Waals surface area (Å²) in [5.41, 5.74) is -0.444. The molecule has 23 heavy (non-hydrogen) atoms. The minimum atomic E-state index is -0.444. The van der Waals surface area contributed by atoms with Crippen molar-refractivity contribution in [1.82, 2.24) is 15.1 Å². The number of carbonyl (C=O) groups excluding carboxylic acids is 1. The highest BCUT2D eigenvalue weighted by atomic mass is 16.6. The molecule has 3 aliphatic heterocycles. The number of carbonyl (C=O) groups is 1. The van der Waals surface area contributed by atoms with E-state index in [1.807, 2.05) is 25.7 Å². The van der Waals surface area contributed by atoms with Gasteiger partial charge in [-0.3, -0.25) is 4.90 Å². The van der Waals surface area contributed by atoms with Crippen molar-refractivity contribution in [3.63, 3.8) is 0 Å². The molecule has 0 saturated carbocycles. The fourth-order valence-corrected chi connectivity index (χ4v) is 3.79. The van der Waals surface area contributed by atoms with Crippen LogP contribution >= 0.6 is 0 Å². The molecule has 0 aromatic rings. The van der Waals surface area contributed by atoms with Crippen LogP contribution in [-0.2, 0) is 9.47 Å². The summed E-state index contributed by atoms with van der Waals surface area (Å²) >= 11 is 0. The molecule has 0 spiro atoms. The van der Waals surface area contributed by atoms with Crippen LogP contribution in [0.5, 0.6) is 0 Å². The van der Waals surface area contributed by atoms with Crippen LogP contribution in [0, 0.1) is 0 Å². The number of ether oxygens (including phenoxy) is 2. The Balaban J connectivity index is 1.54. The molecule has 3 aliphatic rings. The smallest absolute Gasteiger partial charge is 0.410 e. The highest BCUT2D eigenvalue weighted by Gasteiger charge is 2.37. The average Bonchev–Trinajstić information content (AvgIpc) is 2.78. The fraction of sp³-hybridized carbons (Fsp3) is 0.941. The molecular formula is C17H31N3O3. The third kappa shape index (κ3) is 4.37. The molecule has 0 aromatic carbocycles. The summed E-state index contributed by atoms with van der Waals surface area (Å²) in [5.74, 6) is 0. The van der Waals surface area contributed by atoms with Crippen LogP contribution in [0.25, 0.3) is 0 Å². The van der Waals surface area contributed by atoms with E-state index < -0.39 is 5.60 Å². The molecule has 0 aromatic heterocycles. The van der Waals surface area contributed by atoms with E-state index in [1.54, 1.807) is 0 Å². The highest BCUT2D eigenvalue weighted by molar-refractivity contribution is 5.68. The number of hydrogen-bond donors (Lipinski definition) is 1. The van der Waals surface area contributed by atoms with Gasteiger partial charge in [0.25, 0.3) is 0 Å². The monoisotopic (exact) mass is 325 g/mol. The molecule has 3 fully saturated rings. The van der Waals surface area contributed by atoms with Crippen molar-refractivity contribution in [3.8, 4) is 0 Å². The number of piperazine rings is 1. The highest BCUT2D eigenvalue weighted by Crippen LogP contribution is 2.26. The first kappa shape index (κ1) is 17.0. The Bertz CT molecular complexity index is 425. The van der Waals surface area contributed by atoms with Gasteiger partial charge in [-0.05, 0) is 40.5 Å². The van der Waals surface area contributed by atoms with Gasteiger partial charge in [-0.2, -0.15) is 0 Å². The van der Waals surface area contributed by atoms with E-state index in [2.05, 4.69) is 17.1 Å². The van der Waals surface area contributed by atoms with Gasteiger partial charge in [-0.25, -0.2) is 4.79 Å². The lowest BCUT2D eigenvalue weighted by atomic mass is 10.1. The van der Waals surface area contributed by atoms with Crippen molar-refractivity contribution in [1.29, 1.82) is 0 Å². The zero-order valence-electron chi connectivity index (χ0n) is 14.9. The number of rotatable bonds is 2. The molecule has 6 nitrogen and oxygen atoms in total. The Morgan fingerprint density at radius 1 is 1.22 bits per heavy atom. The van der Waals surface area contributed by atoms with E-state index in [1.165, 1.54) is 12.8 Å². The molecule has 4 atom stereocenters. The maximum Gasteiger partial charge on any atom is 0.410 e. The second-order valence-corrected chi connectivity index (χ2v) is 8.26. The predicted molar refractivity (Wildman–Crippen MR) is 88.5 cm³/mol. The molecule has 1 amide bonds. The zero-order valence-corrected chi connectivity index (χ0v) is 14.9. The Morgan fingerprint density at radius 3 is 2.48 bits per heavy atom. The van der Waals surface area contributed by atoms with E-state index in [0.29, 0.717) is 24.8 Å². The Hall–Kier alpha value is -0.850. The number of nitrogens with one attached hydrogen (secondary N) is 1. The first-order chi connectivity index (χ1) is 10.8. The lowest BCUT2D eigenvalue weighted by molar-refractivity contribution is -0.0443. The maximum atomic E-state index is 12.4. The van der Waals surface area contributed by atoms with E-state index >= 15 is 0 Å². The number of amides is 1. The van der Waals surface area contributed by atoms with Crippen molar-refractivity contribution in [2.24, 2.45) is 0 Å². The summed E-state index contributed by atoms with van der Waals surface area (Å²) in [5, 5.41) is 3.58. The van der Waals surface area contributed by atoms with Gasteiger partial charge in [0.05, 0.1) is 12.2 Å². The lowest BCUT2D eigenvalue weighted by Gasteiger charge is -2.42. The molecule has 3 rings (SSSR count). The number of hydrogen-bond acceptors (Lipinski definition) is 5. The molecule has 1 unspecified atom stereocenters. The van der Waals surface area contributed by atoms with Gasteiger partial charge in [0.1, 0.15) is 5.60 Å². The van der Waals surface area contributed by atoms with Gasteiger partial charge in [0.15, 0.2) is 0 Å². The summed E-state index contributed by atoms with van der Waals surface area (Å²) < 4.78 is 11.5. The number of morpholine rings is 1. The summed E-state index contributed by atoms with van der Waals surface area (Å²) in [6.45, 7) is 12.4. The van der Waals surface area contributed by atoms with E-state index in [-0.39, 0.29) is 12.1 Å². The molecule has 3 heterocycles. The van der Waals surface area contributed by atoms with Crippen molar-refractivity contribution < 1.29 is 14.3 Å². The maximum absolute atomic E-state index is 12.4. The Morgan fingerprint density at radius 2 is 1.87 bits per heavy atom. The molecule has 0 aliphatic carbocycles. The molecule has 6 heteroatoms. The predicted octanol–water partition coefficient (Wildman–Crippen LogP) is 1.45. The molecule has 3 saturated heterocycles. The summed E-state index contributed by atoms with van der Waals surface area (Å²) in [4.78, 5) is 16.8. The normalized spacial score (nSPS) is 35.4. The molecular weight excluding hydrogens is 294 g/mol.